The lowest BCUT2D eigenvalue weighted by Gasteiger charge is -2.05. The van der Waals surface area contributed by atoms with Crippen LogP contribution in [-0.4, -0.2) is 22.0 Å². The molecule has 1 N–H and O–H groups in total. The number of halogens is 1. The molecule has 6 heteroatoms. The molecule has 0 aliphatic heterocycles. The van der Waals surface area contributed by atoms with Crippen LogP contribution in [0.2, 0.25) is 0 Å². The lowest BCUT2D eigenvalue weighted by Crippen LogP contribution is -2.11. The summed E-state index contributed by atoms with van der Waals surface area (Å²) in [7, 11) is 0. The molecule has 0 saturated heterocycles. The van der Waals surface area contributed by atoms with Gasteiger partial charge in [0.25, 0.3) is 0 Å². The predicted octanol–water partition coefficient (Wildman–Crippen LogP) is 3.08. The normalized spacial score (nSPS) is 10.4. The number of unbranched alkanes of at least 4 members (excludes halogenated alkanes) is 1. The van der Waals surface area contributed by atoms with Crippen molar-refractivity contribution < 1.29 is 9.21 Å². The van der Waals surface area contributed by atoms with Crippen LogP contribution in [0.4, 0.5) is 5.69 Å². The zero-order chi connectivity index (χ0) is 13.5. The first-order valence-corrected chi connectivity index (χ1v) is 6.55. The van der Waals surface area contributed by atoms with E-state index in [0.717, 1.165) is 18.4 Å². The highest BCUT2D eigenvalue weighted by molar-refractivity contribution is 6.17. The minimum atomic E-state index is -0.0206. The zero-order valence-corrected chi connectivity index (χ0v) is 11.1. The number of alkyl halides is 1. The topological polar surface area (TPSA) is 68.0 Å². The van der Waals surface area contributed by atoms with E-state index in [1.165, 1.54) is 6.39 Å². The standard InChI is InChI=1S/C13H14ClN3O2/c14-7-2-1-6-12(18)16-11-5-3-4-10(8-11)13-17-15-9-19-13/h3-5,8-9H,1-2,6-7H2,(H,16,18). The van der Waals surface area contributed by atoms with Gasteiger partial charge in [-0.2, -0.15) is 0 Å². The van der Waals surface area contributed by atoms with E-state index in [1.807, 2.05) is 18.2 Å². The fourth-order valence-electron chi connectivity index (χ4n) is 1.63. The van der Waals surface area contributed by atoms with Crippen molar-refractivity contribution in [3.63, 3.8) is 0 Å². The molecule has 1 aromatic carbocycles. The van der Waals surface area contributed by atoms with E-state index in [9.17, 15) is 4.79 Å². The molecular weight excluding hydrogens is 266 g/mol. The van der Waals surface area contributed by atoms with Gasteiger partial charge in [-0.25, -0.2) is 0 Å². The summed E-state index contributed by atoms with van der Waals surface area (Å²) in [5.74, 6) is 0.992. The van der Waals surface area contributed by atoms with Crippen LogP contribution in [-0.2, 0) is 4.79 Å². The molecule has 0 fully saturated rings. The molecule has 1 aromatic heterocycles. The number of amides is 1. The molecule has 0 unspecified atom stereocenters. The first-order valence-electron chi connectivity index (χ1n) is 6.02. The summed E-state index contributed by atoms with van der Waals surface area (Å²) in [4.78, 5) is 11.7. The molecule has 0 aliphatic carbocycles. The minimum absolute atomic E-state index is 0.0206. The molecule has 0 spiro atoms. The third-order valence-electron chi connectivity index (χ3n) is 2.54. The van der Waals surface area contributed by atoms with Gasteiger partial charge in [0.1, 0.15) is 0 Å². The van der Waals surface area contributed by atoms with E-state index in [-0.39, 0.29) is 5.91 Å². The maximum atomic E-state index is 11.7. The fraction of sp³-hybridized carbons (Fsp3) is 0.308. The monoisotopic (exact) mass is 279 g/mol. The van der Waals surface area contributed by atoms with E-state index in [4.69, 9.17) is 16.0 Å². The van der Waals surface area contributed by atoms with Gasteiger partial charge < -0.3 is 9.73 Å². The molecule has 19 heavy (non-hydrogen) atoms. The maximum absolute atomic E-state index is 11.7. The molecule has 0 aliphatic rings. The molecule has 2 aromatic rings. The number of carbonyl (C=O) groups excluding carboxylic acids is 1. The van der Waals surface area contributed by atoms with Gasteiger partial charge in [-0.05, 0) is 31.0 Å². The van der Waals surface area contributed by atoms with Crippen LogP contribution in [0.15, 0.2) is 35.1 Å². The molecule has 1 heterocycles. The second-order valence-electron chi connectivity index (χ2n) is 4.02. The first-order chi connectivity index (χ1) is 9.29. The summed E-state index contributed by atoms with van der Waals surface area (Å²) in [5, 5.41) is 10.3. The SMILES string of the molecule is O=C(CCCCCl)Nc1cccc(-c2nnco2)c1. The van der Waals surface area contributed by atoms with Gasteiger partial charge in [0.05, 0.1) is 0 Å². The van der Waals surface area contributed by atoms with Crippen molar-refractivity contribution in [1.29, 1.82) is 0 Å². The van der Waals surface area contributed by atoms with E-state index in [2.05, 4.69) is 15.5 Å². The predicted molar refractivity (Wildman–Crippen MR) is 72.9 cm³/mol. The zero-order valence-electron chi connectivity index (χ0n) is 10.3. The van der Waals surface area contributed by atoms with Crippen molar-refractivity contribution in [3.05, 3.63) is 30.7 Å². The molecule has 0 radical (unpaired) electrons. The number of nitrogens with one attached hydrogen (secondary N) is 1. The number of rotatable bonds is 6. The van der Waals surface area contributed by atoms with Crippen LogP contribution in [0.3, 0.4) is 0 Å². The van der Waals surface area contributed by atoms with Gasteiger partial charge in [-0.1, -0.05) is 6.07 Å². The number of carbonyl (C=O) groups is 1. The summed E-state index contributed by atoms with van der Waals surface area (Å²) in [5.41, 5.74) is 1.49. The number of benzene rings is 1. The smallest absolute Gasteiger partial charge is 0.247 e. The highest BCUT2D eigenvalue weighted by Crippen LogP contribution is 2.20. The van der Waals surface area contributed by atoms with Gasteiger partial charge in [0.2, 0.25) is 18.2 Å². The Labute approximate surface area is 116 Å². The van der Waals surface area contributed by atoms with Crippen LogP contribution in [0, 0.1) is 0 Å². The largest absolute Gasteiger partial charge is 0.423 e. The summed E-state index contributed by atoms with van der Waals surface area (Å²) in [6, 6.07) is 7.29. The van der Waals surface area contributed by atoms with Gasteiger partial charge in [0, 0.05) is 23.6 Å². The van der Waals surface area contributed by atoms with E-state index in [1.54, 1.807) is 6.07 Å². The van der Waals surface area contributed by atoms with Crippen molar-refractivity contribution in [3.8, 4) is 11.5 Å². The Morgan fingerprint density at radius 3 is 3.00 bits per heavy atom. The van der Waals surface area contributed by atoms with Crippen molar-refractivity contribution >= 4 is 23.2 Å². The highest BCUT2D eigenvalue weighted by atomic mass is 35.5. The Morgan fingerprint density at radius 2 is 2.26 bits per heavy atom. The van der Waals surface area contributed by atoms with Gasteiger partial charge >= 0.3 is 0 Å². The Bertz CT molecular complexity index is 528. The second-order valence-corrected chi connectivity index (χ2v) is 4.40. The summed E-state index contributed by atoms with van der Waals surface area (Å²) >= 11 is 5.57. The Morgan fingerprint density at radius 1 is 1.37 bits per heavy atom. The minimum Gasteiger partial charge on any atom is -0.423 e. The summed E-state index contributed by atoms with van der Waals surface area (Å²) in [6.45, 7) is 0. The average molecular weight is 280 g/mol. The molecular formula is C13H14ClN3O2. The van der Waals surface area contributed by atoms with Gasteiger partial charge in [-0.15, -0.1) is 21.8 Å². The molecule has 0 saturated carbocycles. The van der Waals surface area contributed by atoms with Crippen molar-refractivity contribution in [2.75, 3.05) is 11.2 Å². The number of hydrogen-bond acceptors (Lipinski definition) is 4. The average Bonchev–Trinajstić information content (AvgIpc) is 2.93. The Kier molecular flexibility index (Phi) is 4.92. The van der Waals surface area contributed by atoms with Gasteiger partial charge in [0.15, 0.2) is 0 Å². The van der Waals surface area contributed by atoms with Crippen LogP contribution < -0.4 is 5.32 Å². The second kappa shape index (κ2) is 6.89. The van der Waals surface area contributed by atoms with Crippen molar-refractivity contribution in [1.82, 2.24) is 10.2 Å². The van der Waals surface area contributed by atoms with Crippen molar-refractivity contribution in [2.45, 2.75) is 19.3 Å². The van der Waals surface area contributed by atoms with Crippen LogP contribution >= 0.6 is 11.6 Å². The molecule has 0 bridgehead atoms. The van der Waals surface area contributed by atoms with Gasteiger partial charge in [-0.3, -0.25) is 4.79 Å². The number of nitrogens with zero attached hydrogens (tertiary/aromatic N) is 2. The summed E-state index contributed by atoms with van der Waals surface area (Å²) in [6.07, 6.45) is 3.37. The van der Waals surface area contributed by atoms with Crippen LogP contribution in [0.1, 0.15) is 19.3 Å². The Balaban J connectivity index is 1.97. The quantitative estimate of drug-likeness (QED) is 0.652. The highest BCUT2D eigenvalue weighted by Gasteiger charge is 2.06. The van der Waals surface area contributed by atoms with E-state index < -0.39 is 0 Å². The molecule has 100 valence electrons. The lowest BCUT2D eigenvalue weighted by molar-refractivity contribution is -0.116. The van der Waals surface area contributed by atoms with Crippen LogP contribution in [0.25, 0.3) is 11.5 Å². The third-order valence-corrected chi connectivity index (χ3v) is 2.81. The fourth-order valence-corrected chi connectivity index (χ4v) is 1.82. The third kappa shape index (κ3) is 4.06. The first kappa shape index (κ1) is 13.5. The maximum Gasteiger partial charge on any atom is 0.247 e. The molecule has 2 rings (SSSR count). The molecule has 0 atom stereocenters. The van der Waals surface area contributed by atoms with E-state index in [0.29, 0.717) is 23.9 Å². The van der Waals surface area contributed by atoms with Crippen molar-refractivity contribution in [2.24, 2.45) is 0 Å². The molecule has 1 amide bonds. The molecule has 5 nitrogen and oxygen atoms in total. The Hall–Kier alpha value is -1.88. The number of anilines is 1. The van der Waals surface area contributed by atoms with E-state index >= 15 is 0 Å². The number of aromatic nitrogens is 2. The summed E-state index contributed by atoms with van der Waals surface area (Å²) < 4.78 is 5.11. The van der Waals surface area contributed by atoms with Crippen LogP contribution in [0.5, 0.6) is 0 Å². The number of hydrogen-bond donors (Lipinski definition) is 1. The lowest BCUT2D eigenvalue weighted by atomic mass is 10.2.